The van der Waals surface area contributed by atoms with Gasteiger partial charge < -0.3 is 15.7 Å². The van der Waals surface area contributed by atoms with Crippen LogP contribution in [0.25, 0.3) is 0 Å². The summed E-state index contributed by atoms with van der Waals surface area (Å²) in [7, 11) is 0. The first-order chi connectivity index (χ1) is 7.25. The second-order valence-corrected chi connectivity index (χ2v) is 4.71. The molecule has 0 amide bonds. The monoisotopic (exact) mass is 204 g/mol. The van der Waals surface area contributed by atoms with Gasteiger partial charge in [-0.3, -0.25) is 0 Å². The molecule has 4 rings (SSSR count). The summed E-state index contributed by atoms with van der Waals surface area (Å²) in [6.07, 6.45) is 1.12. The van der Waals surface area contributed by atoms with Gasteiger partial charge >= 0.3 is 0 Å². The fourth-order valence-corrected chi connectivity index (χ4v) is 2.83. The Hall–Kier alpha value is -1.22. The lowest BCUT2D eigenvalue weighted by Gasteiger charge is -2.52. The molecule has 0 aromatic heterocycles. The van der Waals surface area contributed by atoms with Gasteiger partial charge in [0.15, 0.2) is 0 Å². The third-order valence-corrected chi connectivity index (χ3v) is 3.76. The number of para-hydroxylation sites is 2. The average molecular weight is 204 g/mol. The first kappa shape index (κ1) is 9.04. The summed E-state index contributed by atoms with van der Waals surface area (Å²) >= 11 is 0. The third kappa shape index (κ3) is 1.30. The predicted octanol–water partition coefficient (Wildman–Crippen LogP) is 1.09. The van der Waals surface area contributed by atoms with Gasteiger partial charge in [0.05, 0.1) is 17.5 Å². The molecule has 3 atom stereocenters. The Morgan fingerprint density at radius 1 is 1.20 bits per heavy atom. The van der Waals surface area contributed by atoms with E-state index in [9.17, 15) is 5.11 Å². The van der Waals surface area contributed by atoms with Gasteiger partial charge in [-0.1, -0.05) is 12.1 Å². The van der Waals surface area contributed by atoms with Crippen molar-refractivity contribution in [3.8, 4) is 0 Å². The highest BCUT2D eigenvalue weighted by Crippen LogP contribution is 2.42. The highest BCUT2D eigenvalue weighted by Gasteiger charge is 2.45. The van der Waals surface area contributed by atoms with Crippen molar-refractivity contribution in [2.24, 2.45) is 11.8 Å². The maximum Gasteiger partial charge on any atom is 0.0630 e. The molecule has 0 radical (unpaired) electrons. The van der Waals surface area contributed by atoms with Gasteiger partial charge in [-0.2, -0.15) is 0 Å². The average Bonchev–Trinajstić information content (AvgIpc) is 2.29. The largest absolute Gasteiger partial charge is 0.397 e. The molecule has 2 bridgehead atoms. The van der Waals surface area contributed by atoms with Crippen LogP contribution in [0.5, 0.6) is 0 Å². The van der Waals surface area contributed by atoms with E-state index in [1.165, 1.54) is 6.42 Å². The van der Waals surface area contributed by atoms with Crippen LogP contribution in [0, 0.1) is 11.8 Å². The summed E-state index contributed by atoms with van der Waals surface area (Å²) in [5.74, 6) is 0.923. The van der Waals surface area contributed by atoms with E-state index in [-0.39, 0.29) is 6.10 Å². The zero-order valence-corrected chi connectivity index (χ0v) is 8.63. The topological polar surface area (TPSA) is 49.5 Å². The number of aliphatic hydroxyl groups is 1. The van der Waals surface area contributed by atoms with E-state index in [1.54, 1.807) is 0 Å². The zero-order valence-electron chi connectivity index (χ0n) is 8.63. The van der Waals surface area contributed by atoms with Crippen LogP contribution in [0.4, 0.5) is 11.4 Å². The molecule has 3 heteroatoms. The third-order valence-electron chi connectivity index (χ3n) is 3.76. The quantitative estimate of drug-likeness (QED) is 0.673. The fraction of sp³-hybridized carbons (Fsp3) is 0.500. The molecule has 2 heterocycles. The van der Waals surface area contributed by atoms with Gasteiger partial charge in [0.2, 0.25) is 0 Å². The van der Waals surface area contributed by atoms with Gasteiger partial charge in [0.1, 0.15) is 0 Å². The van der Waals surface area contributed by atoms with Gasteiger partial charge in [0, 0.05) is 24.9 Å². The predicted molar refractivity (Wildman–Crippen MR) is 60.7 cm³/mol. The highest BCUT2D eigenvalue weighted by molar-refractivity contribution is 5.67. The molecule has 3 fully saturated rings. The highest BCUT2D eigenvalue weighted by atomic mass is 16.3. The standard InChI is InChI=1S/C12H16N2O/c13-10-3-1-2-4-11(10)14-6-8-5-9(7-14)12(8)15/h1-4,8-9,12,15H,5-7,13H2/t8-,9+,12?. The molecule has 2 saturated heterocycles. The van der Waals surface area contributed by atoms with Crippen LogP contribution in [0.2, 0.25) is 0 Å². The second-order valence-electron chi connectivity index (χ2n) is 4.71. The zero-order chi connectivity index (χ0) is 10.4. The minimum absolute atomic E-state index is 0.0637. The van der Waals surface area contributed by atoms with Crippen LogP contribution in [0.3, 0.4) is 0 Å². The van der Waals surface area contributed by atoms with E-state index in [0.29, 0.717) is 11.8 Å². The molecule has 1 unspecified atom stereocenters. The Balaban J connectivity index is 1.83. The number of piperidine rings is 2. The summed E-state index contributed by atoms with van der Waals surface area (Å²) in [6, 6.07) is 7.97. The lowest BCUT2D eigenvalue weighted by Crippen LogP contribution is -2.58. The van der Waals surface area contributed by atoms with Gasteiger partial charge in [0.25, 0.3) is 0 Å². The number of fused-ring (bicyclic) bond motifs is 2. The van der Waals surface area contributed by atoms with Crippen molar-refractivity contribution in [1.82, 2.24) is 0 Å². The van der Waals surface area contributed by atoms with E-state index < -0.39 is 0 Å². The minimum atomic E-state index is -0.0637. The van der Waals surface area contributed by atoms with E-state index in [1.807, 2.05) is 18.2 Å². The SMILES string of the molecule is Nc1ccccc1N1C[C@H]2C[C@@H](C1)C2O. The van der Waals surface area contributed by atoms with Gasteiger partial charge in [-0.15, -0.1) is 0 Å². The van der Waals surface area contributed by atoms with Crippen molar-refractivity contribution < 1.29 is 5.11 Å². The maximum absolute atomic E-state index is 9.70. The molecular weight excluding hydrogens is 188 g/mol. The van der Waals surface area contributed by atoms with Crippen LogP contribution in [0.15, 0.2) is 24.3 Å². The Morgan fingerprint density at radius 2 is 1.87 bits per heavy atom. The molecule has 3 aliphatic rings. The molecule has 15 heavy (non-hydrogen) atoms. The van der Waals surface area contributed by atoms with Gasteiger partial charge in [-0.05, 0) is 18.6 Å². The van der Waals surface area contributed by atoms with Crippen molar-refractivity contribution in [2.45, 2.75) is 12.5 Å². The normalized spacial score (nSPS) is 33.7. The Labute approximate surface area is 89.5 Å². The number of benzene rings is 1. The molecule has 1 aromatic rings. The lowest BCUT2D eigenvalue weighted by molar-refractivity contribution is -0.0530. The molecular formula is C12H16N2O. The van der Waals surface area contributed by atoms with Crippen molar-refractivity contribution in [3.05, 3.63) is 24.3 Å². The number of nitrogen functional groups attached to an aromatic ring is 1. The van der Waals surface area contributed by atoms with Crippen LogP contribution in [-0.2, 0) is 0 Å². The van der Waals surface area contributed by atoms with Crippen molar-refractivity contribution in [2.75, 3.05) is 23.7 Å². The van der Waals surface area contributed by atoms with Gasteiger partial charge in [-0.25, -0.2) is 0 Å². The molecule has 0 spiro atoms. The molecule has 1 saturated carbocycles. The number of hydrogen-bond acceptors (Lipinski definition) is 3. The van der Waals surface area contributed by atoms with E-state index in [0.717, 1.165) is 24.5 Å². The van der Waals surface area contributed by atoms with Crippen LogP contribution < -0.4 is 10.6 Å². The van der Waals surface area contributed by atoms with E-state index in [4.69, 9.17) is 5.73 Å². The minimum Gasteiger partial charge on any atom is -0.397 e. The molecule has 1 aromatic carbocycles. The van der Waals surface area contributed by atoms with Crippen LogP contribution in [-0.4, -0.2) is 24.3 Å². The Morgan fingerprint density at radius 3 is 2.47 bits per heavy atom. The number of hydrogen-bond donors (Lipinski definition) is 2. The van der Waals surface area contributed by atoms with Crippen LogP contribution >= 0.6 is 0 Å². The summed E-state index contributed by atoms with van der Waals surface area (Å²) < 4.78 is 0. The molecule has 1 aliphatic carbocycles. The molecule has 3 nitrogen and oxygen atoms in total. The summed E-state index contributed by atoms with van der Waals surface area (Å²) in [5.41, 5.74) is 7.91. The molecule has 80 valence electrons. The maximum atomic E-state index is 9.70. The van der Waals surface area contributed by atoms with Crippen molar-refractivity contribution in [3.63, 3.8) is 0 Å². The van der Waals surface area contributed by atoms with Crippen molar-refractivity contribution in [1.29, 1.82) is 0 Å². The van der Waals surface area contributed by atoms with Crippen molar-refractivity contribution >= 4 is 11.4 Å². The Bertz CT molecular complexity index is 368. The van der Waals surface area contributed by atoms with E-state index >= 15 is 0 Å². The fourth-order valence-electron chi connectivity index (χ4n) is 2.83. The van der Waals surface area contributed by atoms with E-state index in [2.05, 4.69) is 11.0 Å². The number of nitrogens with zero attached hydrogens (tertiary/aromatic N) is 1. The number of nitrogens with two attached hydrogens (primary N) is 1. The summed E-state index contributed by atoms with van der Waals surface area (Å²) in [6.45, 7) is 1.90. The smallest absolute Gasteiger partial charge is 0.0630 e. The molecule has 3 N–H and O–H groups in total. The Kier molecular flexibility index (Phi) is 1.89. The summed E-state index contributed by atoms with van der Waals surface area (Å²) in [4.78, 5) is 2.31. The first-order valence-electron chi connectivity index (χ1n) is 5.53. The summed E-state index contributed by atoms with van der Waals surface area (Å²) in [5, 5.41) is 9.70. The first-order valence-corrected chi connectivity index (χ1v) is 5.53. The molecule has 2 aliphatic heterocycles. The number of rotatable bonds is 1. The lowest BCUT2D eigenvalue weighted by atomic mass is 9.68. The number of anilines is 2. The second kappa shape index (κ2) is 3.14. The van der Waals surface area contributed by atoms with Crippen LogP contribution in [0.1, 0.15) is 6.42 Å². The number of aliphatic hydroxyl groups excluding tert-OH is 1.